The van der Waals surface area contributed by atoms with Crippen LogP contribution in [0.4, 0.5) is 0 Å². The molecule has 0 spiro atoms. The molecule has 2 heteroatoms. The normalized spacial score (nSPS) is 28.4. The van der Waals surface area contributed by atoms with E-state index >= 15 is 0 Å². The van der Waals surface area contributed by atoms with Gasteiger partial charge in [-0.1, -0.05) is 0 Å². The van der Waals surface area contributed by atoms with Crippen molar-refractivity contribution in [3.63, 3.8) is 0 Å². The molecule has 2 N–H and O–H groups in total. The van der Waals surface area contributed by atoms with Crippen molar-refractivity contribution in [3.8, 4) is 0 Å². The second-order valence-corrected chi connectivity index (χ2v) is 2.41. The highest BCUT2D eigenvalue weighted by atomic mass is 16.1. The second kappa shape index (κ2) is 2.27. The van der Waals surface area contributed by atoms with Crippen molar-refractivity contribution in [1.82, 2.24) is 0 Å². The van der Waals surface area contributed by atoms with Crippen molar-refractivity contribution in [2.45, 2.75) is 13.3 Å². The number of nitrogens with two attached hydrogens (primary N) is 1. The van der Waals surface area contributed by atoms with Gasteiger partial charge in [-0.25, -0.2) is 0 Å². The summed E-state index contributed by atoms with van der Waals surface area (Å²) in [5, 5.41) is 2.20. The molecule has 1 heterocycles. The zero-order chi connectivity index (χ0) is 5.98. The predicted octanol–water partition coefficient (Wildman–Crippen LogP) is -0.841. The van der Waals surface area contributed by atoms with Gasteiger partial charge in [0.15, 0.2) is 0 Å². The third kappa shape index (κ3) is 1.07. The summed E-state index contributed by atoms with van der Waals surface area (Å²) in [4.78, 5) is 10.6. The molecule has 46 valence electrons. The van der Waals surface area contributed by atoms with Crippen molar-refractivity contribution >= 4 is 5.78 Å². The maximum atomic E-state index is 10.6. The summed E-state index contributed by atoms with van der Waals surface area (Å²) in [5.41, 5.74) is 0. The maximum Gasteiger partial charge on any atom is 0.138 e. The molecule has 0 bridgehead atoms. The molecular formula is C6H12NO+. The van der Waals surface area contributed by atoms with Gasteiger partial charge in [0.2, 0.25) is 0 Å². The first-order valence-corrected chi connectivity index (χ1v) is 3.13. The molecule has 1 atom stereocenters. The highest BCUT2D eigenvalue weighted by molar-refractivity contribution is 5.78. The van der Waals surface area contributed by atoms with Gasteiger partial charge in [0.1, 0.15) is 5.78 Å². The van der Waals surface area contributed by atoms with Crippen LogP contribution in [-0.4, -0.2) is 18.9 Å². The Morgan fingerprint density at radius 2 is 2.50 bits per heavy atom. The van der Waals surface area contributed by atoms with E-state index in [9.17, 15) is 4.79 Å². The molecule has 0 aromatic rings. The molecule has 1 fully saturated rings. The van der Waals surface area contributed by atoms with E-state index in [1.807, 2.05) is 0 Å². The van der Waals surface area contributed by atoms with Crippen LogP contribution in [0.5, 0.6) is 0 Å². The summed E-state index contributed by atoms with van der Waals surface area (Å²) < 4.78 is 0. The van der Waals surface area contributed by atoms with Crippen molar-refractivity contribution in [3.05, 3.63) is 0 Å². The fraction of sp³-hybridized carbons (Fsp3) is 0.833. The summed E-state index contributed by atoms with van der Waals surface area (Å²) in [7, 11) is 0. The monoisotopic (exact) mass is 114 g/mol. The maximum absolute atomic E-state index is 10.6. The minimum absolute atomic E-state index is 0.360. The molecule has 0 unspecified atom stereocenters. The van der Waals surface area contributed by atoms with Crippen LogP contribution < -0.4 is 5.32 Å². The molecule has 0 aromatic carbocycles. The smallest absolute Gasteiger partial charge is 0.138 e. The Balaban J connectivity index is 2.35. The van der Waals surface area contributed by atoms with Gasteiger partial charge in [-0.3, -0.25) is 4.79 Å². The average molecular weight is 114 g/mol. The first-order valence-electron chi connectivity index (χ1n) is 3.13. The van der Waals surface area contributed by atoms with Gasteiger partial charge >= 0.3 is 0 Å². The molecule has 1 saturated heterocycles. The van der Waals surface area contributed by atoms with Crippen LogP contribution in [0.15, 0.2) is 0 Å². The van der Waals surface area contributed by atoms with Gasteiger partial charge in [0.25, 0.3) is 0 Å². The fourth-order valence-electron chi connectivity index (χ4n) is 1.13. The summed E-state index contributed by atoms with van der Waals surface area (Å²) in [6.45, 7) is 3.85. The van der Waals surface area contributed by atoms with Gasteiger partial charge in [-0.15, -0.1) is 0 Å². The third-order valence-electron chi connectivity index (χ3n) is 1.75. The Morgan fingerprint density at radius 3 is 2.75 bits per heavy atom. The van der Waals surface area contributed by atoms with Crippen LogP contribution in [-0.2, 0) is 4.79 Å². The fourth-order valence-corrected chi connectivity index (χ4v) is 1.13. The molecule has 0 amide bonds. The zero-order valence-electron chi connectivity index (χ0n) is 5.18. The highest BCUT2D eigenvalue weighted by Gasteiger charge is 2.21. The zero-order valence-corrected chi connectivity index (χ0v) is 5.18. The minimum Gasteiger partial charge on any atom is -0.346 e. The van der Waals surface area contributed by atoms with Crippen molar-refractivity contribution < 1.29 is 10.1 Å². The lowest BCUT2D eigenvalue weighted by Crippen LogP contribution is -2.81. The molecule has 1 aliphatic heterocycles. The molecule has 1 aliphatic rings. The lowest BCUT2D eigenvalue weighted by atomic mass is 10.1. The van der Waals surface area contributed by atoms with E-state index in [0.717, 1.165) is 19.5 Å². The lowest BCUT2D eigenvalue weighted by molar-refractivity contribution is -0.637. The molecule has 2 nitrogen and oxygen atoms in total. The first-order chi connectivity index (χ1) is 3.80. The van der Waals surface area contributed by atoms with Gasteiger partial charge < -0.3 is 5.32 Å². The second-order valence-electron chi connectivity index (χ2n) is 2.41. The number of Topliss-reactive ketones (excluding diaryl/α,β-unsaturated/α-hetero) is 1. The van der Waals surface area contributed by atoms with E-state index in [-0.39, 0.29) is 0 Å². The van der Waals surface area contributed by atoms with Gasteiger partial charge in [-0.05, 0) is 6.92 Å². The largest absolute Gasteiger partial charge is 0.346 e. The Morgan fingerprint density at radius 1 is 1.75 bits per heavy atom. The topological polar surface area (TPSA) is 33.7 Å². The molecule has 0 aliphatic carbocycles. The van der Waals surface area contributed by atoms with Crippen LogP contribution in [0.2, 0.25) is 0 Å². The molecule has 0 aromatic heterocycles. The summed E-state index contributed by atoms with van der Waals surface area (Å²) in [6.07, 6.45) is 1.09. The number of quaternary nitrogens is 1. The highest BCUT2D eigenvalue weighted by Crippen LogP contribution is 2.02. The molecule has 0 saturated carbocycles. The summed E-state index contributed by atoms with van der Waals surface area (Å²) >= 11 is 0. The molecule has 1 rings (SSSR count). The van der Waals surface area contributed by atoms with Crippen molar-refractivity contribution in [1.29, 1.82) is 0 Å². The number of ketones is 1. The minimum atomic E-state index is 0.360. The van der Waals surface area contributed by atoms with Gasteiger partial charge in [0, 0.05) is 6.42 Å². The van der Waals surface area contributed by atoms with E-state index in [1.54, 1.807) is 6.92 Å². The van der Waals surface area contributed by atoms with Gasteiger partial charge in [-0.2, -0.15) is 0 Å². The van der Waals surface area contributed by atoms with Crippen LogP contribution in [0.1, 0.15) is 13.3 Å². The number of carbonyl (C=O) groups is 1. The van der Waals surface area contributed by atoms with E-state index in [4.69, 9.17) is 0 Å². The van der Waals surface area contributed by atoms with Crippen LogP contribution in [0.25, 0.3) is 0 Å². The molecule has 0 radical (unpaired) electrons. The predicted molar refractivity (Wildman–Crippen MR) is 30.4 cm³/mol. The number of carbonyl (C=O) groups excluding carboxylic acids is 1. The van der Waals surface area contributed by atoms with E-state index in [1.165, 1.54) is 0 Å². The first kappa shape index (κ1) is 5.76. The molecular weight excluding hydrogens is 102 g/mol. The summed E-state index contributed by atoms with van der Waals surface area (Å²) in [5.74, 6) is 0.730. The number of hydrogen-bond donors (Lipinski definition) is 1. The Hall–Kier alpha value is -0.370. The van der Waals surface area contributed by atoms with E-state index < -0.39 is 0 Å². The SMILES string of the molecule is CC(=O)[C@H]1CC[NH2+]C1. The summed E-state index contributed by atoms with van der Waals surface area (Å²) in [6, 6.07) is 0. The van der Waals surface area contributed by atoms with E-state index in [0.29, 0.717) is 11.7 Å². The standard InChI is InChI=1S/C6H11NO/c1-5(8)6-2-3-7-4-6/h6-7H,2-4H2,1H3/p+1/t6-/m0/s1. The quantitative estimate of drug-likeness (QED) is 0.474. The van der Waals surface area contributed by atoms with E-state index in [2.05, 4.69) is 5.32 Å². The Bertz CT molecular complexity index is 94.7. The van der Waals surface area contributed by atoms with Crippen LogP contribution >= 0.6 is 0 Å². The lowest BCUT2D eigenvalue weighted by Gasteiger charge is -1.95. The number of hydrogen-bond acceptors (Lipinski definition) is 1. The Kier molecular flexibility index (Phi) is 1.63. The van der Waals surface area contributed by atoms with Crippen LogP contribution in [0.3, 0.4) is 0 Å². The van der Waals surface area contributed by atoms with Crippen molar-refractivity contribution in [2.75, 3.05) is 13.1 Å². The van der Waals surface area contributed by atoms with Crippen molar-refractivity contribution in [2.24, 2.45) is 5.92 Å². The molecule has 8 heavy (non-hydrogen) atoms. The third-order valence-corrected chi connectivity index (χ3v) is 1.75. The Labute approximate surface area is 49.3 Å². The van der Waals surface area contributed by atoms with Crippen LogP contribution in [0, 0.1) is 5.92 Å². The average Bonchev–Trinajstić information content (AvgIpc) is 2.12. The number of rotatable bonds is 1. The van der Waals surface area contributed by atoms with Gasteiger partial charge in [0.05, 0.1) is 19.0 Å².